The molecule has 0 saturated heterocycles. The molecule has 156 valence electrons. The number of benzene rings is 3. The second-order valence-electron chi connectivity index (χ2n) is 7.56. The summed E-state index contributed by atoms with van der Waals surface area (Å²) in [6.07, 6.45) is 3.16. The molecule has 0 amide bonds. The van der Waals surface area contributed by atoms with E-state index in [0.29, 0.717) is 0 Å². The Bertz CT molecular complexity index is 1190. The fourth-order valence-corrected chi connectivity index (χ4v) is 6.23. The first kappa shape index (κ1) is 20.7. The van der Waals surface area contributed by atoms with Crippen LogP contribution in [0.1, 0.15) is 21.6 Å². The molecule has 0 saturated carbocycles. The Morgan fingerprint density at radius 1 is 0.781 bits per heavy atom. The smallest absolute Gasteiger partial charge is 0.192 e. The average molecular weight is 499 g/mol. The molecular weight excluding hydrogens is 480 g/mol. The first-order valence-electron chi connectivity index (χ1n) is 10.2. The number of nitrogens with zero attached hydrogens (tertiary/aromatic N) is 2. The van der Waals surface area contributed by atoms with Crippen molar-refractivity contribution in [1.82, 2.24) is 0 Å². The molecule has 0 spiro atoms. The largest absolute Gasteiger partial charge is 0.294 e. The van der Waals surface area contributed by atoms with E-state index >= 15 is 4.79 Å². The van der Waals surface area contributed by atoms with E-state index in [-0.39, 0.29) is 5.78 Å². The Labute approximate surface area is 199 Å². The van der Waals surface area contributed by atoms with Crippen molar-refractivity contribution >= 4 is 45.6 Å². The van der Waals surface area contributed by atoms with E-state index in [1.807, 2.05) is 102 Å². The third kappa shape index (κ3) is 3.12. The van der Waals surface area contributed by atoms with Crippen LogP contribution in [0.5, 0.6) is 0 Å². The summed E-state index contributed by atoms with van der Waals surface area (Å²) < 4.78 is 0.851. The van der Waals surface area contributed by atoms with Gasteiger partial charge in [0.05, 0.1) is 4.88 Å². The van der Waals surface area contributed by atoms with E-state index in [9.17, 15) is 0 Å². The van der Waals surface area contributed by atoms with Crippen molar-refractivity contribution in [2.45, 2.75) is 11.0 Å². The van der Waals surface area contributed by atoms with Crippen molar-refractivity contribution in [2.24, 2.45) is 9.98 Å². The van der Waals surface area contributed by atoms with Crippen LogP contribution in [-0.4, -0.2) is 18.3 Å². The van der Waals surface area contributed by atoms with Crippen molar-refractivity contribution in [3.05, 3.63) is 128 Å². The molecule has 4 aromatic rings. The van der Waals surface area contributed by atoms with Gasteiger partial charge in [-0.1, -0.05) is 91.0 Å². The van der Waals surface area contributed by atoms with Crippen LogP contribution in [0.2, 0.25) is 0 Å². The third-order valence-corrected chi connectivity index (χ3v) is 7.82. The molecule has 0 N–H and O–H groups in total. The molecule has 2 heterocycles. The van der Waals surface area contributed by atoms with Gasteiger partial charge in [0.15, 0.2) is 11.3 Å². The van der Waals surface area contributed by atoms with Gasteiger partial charge in [-0.2, -0.15) is 0 Å². The van der Waals surface area contributed by atoms with Gasteiger partial charge in [-0.3, -0.25) is 4.79 Å². The number of ketones is 1. The number of thiophene rings is 1. The molecule has 1 aliphatic rings. The Morgan fingerprint density at radius 2 is 1.28 bits per heavy atom. The van der Waals surface area contributed by atoms with Crippen LogP contribution in [0.15, 0.2) is 117 Å². The highest BCUT2D eigenvalue weighted by Crippen LogP contribution is 2.48. The molecular formula is C27H19BrN2OS. The predicted octanol–water partition coefficient (Wildman–Crippen LogP) is 6.42. The van der Waals surface area contributed by atoms with Crippen LogP contribution < -0.4 is 0 Å². The molecule has 3 aromatic carbocycles. The maximum absolute atomic E-state index is 15.0. The number of carbonyl (C=O) groups excluding carboxylic acids is 1. The first-order chi connectivity index (χ1) is 15.7. The minimum Gasteiger partial charge on any atom is -0.294 e. The first-order valence-corrected chi connectivity index (χ1v) is 11.9. The topological polar surface area (TPSA) is 41.8 Å². The molecule has 5 heteroatoms. The molecule has 1 unspecified atom stereocenters. The van der Waals surface area contributed by atoms with Crippen molar-refractivity contribution in [3.63, 3.8) is 0 Å². The number of hydrogen-bond donors (Lipinski definition) is 0. The molecule has 0 aliphatic carbocycles. The monoisotopic (exact) mass is 498 g/mol. The lowest BCUT2D eigenvalue weighted by molar-refractivity contribution is -0.125. The van der Waals surface area contributed by atoms with Gasteiger partial charge in [0.1, 0.15) is 11.8 Å². The molecule has 1 aliphatic heterocycles. The van der Waals surface area contributed by atoms with E-state index in [2.05, 4.69) is 20.9 Å². The molecule has 1 aromatic heterocycles. The van der Waals surface area contributed by atoms with E-state index < -0.39 is 11.0 Å². The lowest BCUT2D eigenvalue weighted by Crippen LogP contribution is -2.50. The zero-order valence-electron chi connectivity index (χ0n) is 17.1. The number of Topliss-reactive ketones (excluding diaryl/α,β-unsaturated/α-hetero) is 1. The molecule has 1 atom stereocenters. The molecule has 5 rings (SSSR count). The SMILES string of the molecule is O=C(C1(c2sccc2Br)C=NC=N1)C(c1ccccc1)(c1ccccc1)c1ccccc1. The highest BCUT2D eigenvalue weighted by atomic mass is 79.9. The van der Waals surface area contributed by atoms with Crippen LogP contribution in [0.4, 0.5) is 0 Å². The fourth-order valence-electron chi connectivity index (χ4n) is 4.45. The van der Waals surface area contributed by atoms with Crippen molar-refractivity contribution in [1.29, 1.82) is 0 Å². The third-order valence-electron chi connectivity index (χ3n) is 5.86. The van der Waals surface area contributed by atoms with Gasteiger partial charge < -0.3 is 0 Å². The number of aliphatic imine (C=N–C) groups is 2. The van der Waals surface area contributed by atoms with Crippen LogP contribution >= 0.6 is 27.3 Å². The minimum atomic E-state index is -1.23. The highest BCUT2D eigenvalue weighted by Gasteiger charge is 2.55. The Hall–Kier alpha value is -3.15. The molecule has 0 bridgehead atoms. The summed E-state index contributed by atoms with van der Waals surface area (Å²) in [5, 5.41) is 1.96. The van der Waals surface area contributed by atoms with E-state index in [0.717, 1.165) is 26.0 Å². The minimum absolute atomic E-state index is 0.0609. The molecule has 3 nitrogen and oxygen atoms in total. The summed E-state index contributed by atoms with van der Waals surface area (Å²) in [5.74, 6) is -0.0609. The summed E-state index contributed by atoms with van der Waals surface area (Å²) in [7, 11) is 0. The van der Waals surface area contributed by atoms with Gasteiger partial charge in [0.25, 0.3) is 0 Å². The van der Waals surface area contributed by atoms with Gasteiger partial charge in [-0.25, -0.2) is 9.98 Å². The van der Waals surface area contributed by atoms with Gasteiger partial charge in [0, 0.05) is 10.7 Å². The molecule has 0 radical (unpaired) electrons. The quantitative estimate of drug-likeness (QED) is 0.282. The number of carbonyl (C=O) groups is 1. The maximum atomic E-state index is 15.0. The van der Waals surface area contributed by atoms with Crippen molar-refractivity contribution < 1.29 is 4.79 Å². The highest BCUT2D eigenvalue weighted by molar-refractivity contribution is 9.10. The number of halogens is 1. The van der Waals surface area contributed by atoms with Crippen LogP contribution in [0.25, 0.3) is 0 Å². The fraction of sp³-hybridized carbons (Fsp3) is 0.0741. The summed E-state index contributed by atoms with van der Waals surface area (Å²) in [5.41, 5.74) is 0.370. The Kier molecular flexibility index (Phi) is 5.45. The lowest BCUT2D eigenvalue weighted by Gasteiger charge is -2.39. The maximum Gasteiger partial charge on any atom is 0.192 e. The van der Waals surface area contributed by atoms with Crippen LogP contribution in [0, 0.1) is 0 Å². The predicted molar refractivity (Wildman–Crippen MR) is 135 cm³/mol. The van der Waals surface area contributed by atoms with E-state index in [1.54, 1.807) is 6.21 Å². The van der Waals surface area contributed by atoms with E-state index in [4.69, 9.17) is 4.99 Å². The van der Waals surface area contributed by atoms with Crippen LogP contribution in [0.3, 0.4) is 0 Å². The molecule has 0 fully saturated rings. The van der Waals surface area contributed by atoms with Gasteiger partial charge >= 0.3 is 0 Å². The normalized spacial score (nSPS) is 17.5. The summed E-state index contributed by atoms with van der Waals surface area (Å²) in [6.45, 7) is 0. The van der Waals surface area contributed by atoms with Crippen LogP contribution in [-0.2, 0) is 15.7 Å². The van der Waals surface area contributed by atoms with E-state index in [1.165, 1.54) is 17.7 Å². The lowest BCUT2D eigenvalue weighted by atomic mass is 9.62. The van der Waals surface area contributed by atoms with Gasteiger partial charge in [-0.05, 0) is 44.1 Å². The Morgan fingerprint density at radius 3 is 1.66 bits per heavy atom. The van der Waals surface area contributed by atoms with Crippen molar-refractivity contribution in [2.75, 3.05) is 0 Å². The standard InChI is InChI=1S/C27H19BrN2OS/c28-23-16-17-32-24(23)26(18-29-19-30-26)25(31)27(20-10-4-1-5-11-20,21-12-6-2-7-13-21)22-14-8-3-9-15-22/h1-19H. The van der Waals surface area contributed by atoms with Gasteiger partial charge in [-0.15, -0.1) is 11.3 Å². The second-order valence-corrected chi connectivity index (χ2v) is 9.33. The Balaban J connectivity index is 1.89. The molecule has 32 heavy (non-hydrogen) atoms. The summed E-state index contributed by atoms with van der Waals surface area (Å²) in [4.78, 5) is 24.8. The number of hydrogen-bond acceptors (Lipinski definition) is 4. The average Bonchev–Trinajstić information content (AvgIpc) is 3.51. The summed E-state index contributed by atoms with van der Waals surface area (Å²) >= 11 is 5.14. The summed E-state index contributed by atoms with van der Waals surface area (Å²) in [6, 6.07) is 31.8. The van der Waals surface area contributed by atoms with Crippen molar-refractivity contribution in [3.8, 4) is 0 Å². The van der Waals surface area contributed by atoms with Gasteiger partial charge in [0.2, 0.25) is 0 Å². The zero-order chi connectivity index (χ0) is 22.0. The second kappa shape index (κ2) is 8.41. The zero-order valence-corrected chi connectivity index (χ0v) is 19.5. The number of rotatable bonds is 6.